The zero-order chi connectivity index (χ0) is 9.14. The highest BCUT2D eigenvalue weighted by atomic mass is 14.1. The lowest BCUT2D eigenvalue weighted by Crippen LogP contribution is -1.92. The molecule has 0 atom stereocenters. The molecular weight excluding hydrogens is 144 g/mol. The first-order valence-corrected chi connectivity index (χ1v) is 4.54. The van der Waals surface area contributed by atoms with Gasteiger partial charge in [-0.25, -0.2) is 0 Å². The van der Waals surface area contributed by atoms with Gasteiger partial charge in [0.05, 0.1) is 0 Å². The van der Waals surface area contributed by atoms with E-state index in [0.717, 1.165) is 0 Å². The van der Waals surface area contributed by atoms with Crippen molar-refractivity contribution in [2.75, 3.05) is 0 Å². The van der Waals surface area contributed by atoms with Crippen LogP contribution in [-0.4, -0.2) is 0 Å². The average molecular weight is 160 g/mol. The molecule has 0 heteroatoms. The molecule has 1 rings (SSSR count). The van der Waals surface area contributed by atoms with E-state index >= 15 is 0 Å². The number of rotatable bonds is 2. The van der Waals surface area contributed by atoms with Gasteiger partial charge < -0.3 is 0 Å². The first-order valence-electron chi connectivity index (χ1n) is 4.54. The molecule has 1 aromatic rings. The van der Waals surface area contributed by atoms with E-state index < -0.39 is 0 Å². The minimum absolute atomic E-state index is 0.556. The first-order chi connectivity index (χ1) is 5.61. The normalized spacial score (nSPS) is 11.2. The molecule has 0 N–H and O–H groups in total. The zero-order valence-corrected chi connectivity index (χ0v) is 8.31. The Hall–Kier alpha value is -0.780. The largest absolute Gasteiger partial charge is 0.0587 e. The summed E-state index contributed by atoms with van der Waals surface area (Å²) in [6.45, 7) is 8.74. The molecule has 0 fully saturated rings. The number of hydrogen-bond acceptors (Lipinski definition) is 0. The Kier molecular flexibility index (Phi) is 2.91. The SMILES string of the molecule is CC(C)c1[c]c(C(C)C)c[c]c1. The molecular formula is C12H16. The molecule has 64 valence electrons. The van der Waals surface area contributed by atoms with Gasteiger partial charge in [-0.15, -0.1) is 0 Å². The van der Waals surface area contributed by atoms with E-state index in [9.17, 15) is 0 Å². The molecule has 0 bridgehead atoms. The van der Waals surface area contributed by atoms with Gasteiger partial charge in [-0.05, 0) is 35.1 Å². The highest BCUT2D eigenvalue weighted by Gasteiger charge is 2.03. The Bertz CT molecular complexity index is 223. The van der Waals surface area contributed by atoms with Crippen molar-refractivity contribution in [3.8, 4) is 0 Å². The maximum Gasteiger partial charge on any atom is -0.0108 e. The van der Waals surface area contributed by atoms with Gasteiger partial charge in [0.2, 0.25) is 0 Å². The summed E-state index contributed by atoms with van der Waals surface area (Å²) in [6.07, 6.45) is 0. The van der Waals surface area contributed by atoms with Crippen molar-refractivity contribution >= 4 is 0 Å². The smallest absolute Gasteiger partial charge is 0.0108 e. The molecule has 0 unspecified atom stereocenters. The summed E-state index contributed by atoms with van der Waals surface area (Å²) in [5.41, 5.74) is 2.53. The van der Waals surface area contributed by atoms with Gasteiger partial charge >= 0.3 is 0 Å². The van der Waals surface area contributed by atoms with Gasteiger partial charge in [0.15, 0.2) is 0 Å². The van der Waals surface area contributed by atoms with Crippen molar-refractivity contribution in [1.82, 2.24) is 0 Å². The fourth-order valence-electron chi connectivity index (χ4n) is 1.08. The minimum Gasteiger partial charge on any atom is -0.0587 e. The Labute approximate surface area is 75.6 Å². The third-order valence-electron chi connectivity index (χ3n) is 2.01. The maximum atomic E-state index is 3.41. The van der Waals surface area contributed by atoms with Crippen LogP contribution in [0.15, 0.2) is 12.1 Å². The molecule has 12 heavy (non-hydrogen) atoms. The second kappa shape index (κ2) is 3.75. The fraction of sp³-hybridized carbons (Fsp3) is 0.500. The summed E-state index contributed by atoms with van der Waals surface area (Å²) in [6, 6.07) is 10.6. The summed E-state index contributed by atoms with van der Waals surface area (Å²) in [5.74, 6) is 1.11. The van der Waals surface area contributed by atoms with Gasteiger partial charge in [-0.3, -0.25) is 0 Å². The molecule has 0 aliphatic carbocycles. The van der Waals surface area contributed by atoms with Crippen LogP contribution in [0, 0.1) is 12.1 Å². The molecule has 0 amide bonds. The van der Waals surface area contributed by atoms with Crippen LogP contribution in [0.5, 0.6) is 0 Å². The second-order valence-corrected chi connectivity index (χ2v) is 3.80. The summed E-state index contributed by atoms with van der Waals surface area (Å²) < 4.78 is 0. The van der Waals surface area contributed by atoms with Crippen molar-refractivity contribution in [2.24, 2.45) is 0 Å². The topological polar surface area (TPSA) is 0 Å². The Morgan fingerprint density at radius 1 is 0.917 bits per heavy atom. The summed E-state index contributed by atoms with van der Waals surface area (Å²) in [5, 5.41) is 0. The molecule has 0 spiro atoms. The van der Waals surface area contributed by atoms with Crippen LogP contribution in [-0.2, 0) is 0 Å². The highest BCUT2D eigenvalue weighted by Crippen LogP contribution is 2.19. The molecule has 0 aromatic heterocycles. The number of benzene rings is 1. The van der Waals surface area contributed by atoms with Crippen LogP contribution in [0.4, 0.5) is 0 Å². The fourth-order valence-corrected chi connectivity index (χ4v) is 1.08. The van der Waals surface area contributed by atoms with Crippen molar-refractivity contribution in [3.63, 3.8) is 0 Å². The summed E-state index contributed by atoms with van der Waals surface area (Å²) >= 11 is 0. The van der Waals surface area contributed by atoms with E-state index in [-0.39, 0.29) is 0 Å². The van der Waals surface area contributed by atoms with Crippen molar-refractivity contribution in [1.29, 1.82) is 0 Å². The monoisotopic (exact) mass is 160 g/mol. The van der Waals surface area contributed by atoms with E-state index in [4.69, 9.17) is 0 Å². The molecule has 0 nitrogen and oxygen atoms in total. The summed E-state index contributed by atoms with van der Waals surface area (Å²) in [7, 11) is 0. The van der Waals surface area contributed by atoms with Crippen LogP contribution in [0.1, 0.15) is 50.7 Å². The molecule has 2 radical (unpaired) electrons. The van der Waals surface area contributed by atoms with Crippen LogP contribution >= 0.6 is 0 Å². The van der Waals surface area contributed by atoms with Gasteiger partial charge in [0.25, 0.3) is 0 Å². The lowest BCUT2D eigenvalue weighted by atomic mass is 9.96. The maximum absolute atomic E-state index is 3.41. The van der Waals surface area contributed by atoms with Crippen LogP contribution in [0.25, 0.3) is 0 Å². The van der Waals surface area contributed by atoms with Gasteiger partial charge in [0, 0.05) is 0 Å². The molecule has 0 saturated carbocycles. The second-order valence-electron chi connectivity index (χ2n) is 3.80. The summed E-state index contributed by atoms with van der Waals surface area (Å²) in [4.78, 5) is 0. The quantitative estimate of drug-likeness (QED) is 0.620. The van der Waals surface area contributed by atoms with E-state index in [1.807, 2.05) is 12.1 Å². The third-order valence-corrected chi connectivity index (χ3v) is 2.01. The Balaban J connectivity index is 2.96. The van der Waals surface area contributed by atoms with Gasteiger partial charge in [-0.2, -0.15) is 0 Å². The van der Waals surface area contributed by atoms with E-state index in [1.165, 1.54) is 11.1 Å². The van der Waals surface area contributed by atoms with Gasteiger partial charge in [-0.1, -0.05) is 39.8 Å². The van der Waals surface area contributed by atoms with Crippen molar-refractivity contribution in [3.05, 3.63) is 35.4 Å². The minimum atomic E-state index is 0.556. The Morgan fingerprint density at radius 2 is 1.33 bits per heavy atom. The third kappa shape index (κ3) is 2.10. The predicted octanol–water partition coefficient (Wildman–Crippen LogP) is 3.53. The average Bonchev–Trinajstić information content (AvgIpc) is 2.04. The molecule has 0 aliphatic rings. The van der Waals surface area contributed by atoms with E-state index in [0.29, 0.717) is 11.8 Å². The zero-order valence-electron chi connectivity index (χ0n) is 8.31. The van der Waals surface area contributed by atoms with Crippen molar-refractivity contribution in [2.45, 2.75) is 39.5 Å². The standard InChI is InChI=1S/C12H16/c1-9(2)11-6-5-7-12(8-11)10(3)4/h6-7,9-10H,1-4H3. The van der Waals surface area contributed by atoms with Crippen LogP contribution in [0.3, 0.4) is 0 Å². The van der Waals surface area contributed by atoms with Crippen molar-refractivity contribution < 1.29 is 0 Å². The predicted molar refractivity (Wildman–Crippen MR) is 52.3 cm³/mol. The van der Waals surface area contributed by atoms with E-state index in [2.05, 4.69) is 39.8 Å². The molecule has 1 aromatic carbocycles. The Morgan fingerprint density at radius 3 is 1.67 bits per heavy atom. The van der Waals surface area contributed by atoms with Crippen LogP contribution in [0.2, 0.25) is 0 Å². The molecule has 0 saturated heterocycles. The lowest BCUT2D eigenvalue weighted by molar-refractivity contribution is 0.830. The molecule has 0 heterocycles. The molecule has 0 aliphatic heterocycles. The highest BCUT2D eigenvalue weighted by molar-refractivity contribution is 5.25. The lowest BCUT2D eigenvalue weighted by Gasteiger charge is -2.08. The van der Waals surface area contributed by atoms with E-state index in [1.54, 1.807) is 0 Å². The first kappa shape index (κ1) is 9.31. The van der Waals surface area contributed by atoms with Crippen LogP contribution < -0.4 is 0 Å². The number of hydrogen-bond donors (Lipinski definition) is 0. The van der Waals surface area contributed by atoms with Gasteiger partial charge in [0.1, 0.15) is 0 Å².